The summed E-state index contributed by atoms with van der Waals surface area (Å²) in [6.45, 7) is 0. The maximum absolute atomic E-state index is 13.1. The number of nitrogens with zero attached hydrogens (tertiary/aromatic N) is 4. The number of methoxy groups -OCH3 is 2. The molecule has 0 N–H and O–H groups in total. The number of hydrogen-bond acceptors (Lipinski definition) is 5. The highest BCUT2D eigenvalue weighted by Gasteiger charge is 2.56. The molecule has 0 saturated heterocycles. The molecule has 0 amide bonds. The number of fused-ring (bicyclic) bond motifs is 1. The molecule has 1 aliphatic carbocycles. The molecule has 3 aromatic heterocycles. The molecule has 1 saturated carbocycles. The van der Waals surface area contributed by atoms with E-state index < -0.39 is 18.0 Å². The van der Waals surface area contributed by atoms with Crippen LogP contribution >= 0.6 is 0 Å². The van der Waals surface area contributed by atoms with Gasteiger partial charge in [-0.15, -0.1) is 0 Å². The maximum Gasteiger partial charge on any atom is 0.392 e. The molecular formula is C17H15F3N4O2. The summed E-state index contributed by atoms with van der Waals surface area (Å²) in [5.74, 6) is -1.64. The van der Waals surface area contributed by atoms with Gasteiger partial charge in [0, 0.05) is 12.4 Å². The molecule has 1 fully saturated rings. The molecule has 9 heteroatoms. The zero-order chi connectivity index (χ0) is 18.5. The summed E-state index contributed by atoms with van der Waals surface area (Å²) in [5.41, 5.74) is 2.20. The number of halogens is 3. The second-order valence-electron chi connectivity index (χ2n) is 6.09. The average Bonchev–Trinajstić information content (AvgIpc) is 3.31. The van der Waals surface area contributed by atoms with Crippen molar-refractivity contribution in [2.24, 2.45) is 5.92 Å². The molecule has 6 nitrogen and oxygen atoms in total. The van der Waals surface area contributed by atoms with Gasteiger partial charge in [0.1, 0.15) is 0 Å². The molecule has 0 bridgehead atoms. The predicted molar refractivity (Wildman–Crippen MR) is 86.2 cm³/mol. The minimum absolute atomic E-state index is 0.0873. The van der Waals surface area contributed by atoms with Gasteiger partial charge in [-0.2, -0.15) is 23.3 Å². The Labute approximate surface area is 146 Å². The molecule has 4 rings (SSSR count). The first-order valence-corrected chi connectivity index (χ1v) is 7.92. The van der Waals surface area contributed by atoms with Crippen LogP contribution in [0.1, 0.15) is 17.9 Å². The predicted octanol–water partition coefficient (Wildman–Crippen LogP) is 3.47. The Balaban J connectivity index is 1.83. The summed E-state index contributed by atoms with van der Waals surface area (Å²) < 4.78 is 51.0. The fourth-order valence-electron chi connectivity index (χ4n) is 3.16. The summed E-state index contributed by atoms with van der Waals surface area (Å²) in [6, 6.07) is 5.31. The zero-order valence-electron chi connectivity index (χ0n) is 14.0. The van der Waals surface area contributed by atoms with Crippen LogP contribution in [0.5, 0.6) is 11.9 Å². The highest BCUT2D eigenvalue weighted by Crippen LogP contribution is 2.57. The fourth-order valence-corrected chi connectivity index (χ4v) is 3.16. The fraction of sp³-hybridized carbons (Fsp3) is 0.353. The quantitative estimate of drug-likeness (QED) is 0.709. The van der Waals surface area contributed by atoms with Crippen LogP contribution in [0.4, 0.5) is 13.2 Å². The summed E-state index contributed by atoms with van der Waals surface area (Å²) in [6.07, 6.45) is -0.924. The number of rotatable bonds is 4. The van der Waals surface area contributed by atoms with Gasteiger partial charge in [-0.25, -0.2) is 9.50 Å². The third kappa shape index (κ3) is 2.73. The monoisotopic (exact) mass is 364 g/mol. The van der Waals surface area contributed by atoms with Crippen molar-refractivity contribution in [1.29, 1.82) is 0 Å². The summed E-state index contributed by atoms with van der Waals surface area (Å²) in [7, 11) is 2.88. The molecule has 2 unspecified atom stereocenters. The van der Waals surface area contributed by atoms with Crippen LogP contribution in [0.25, 0.3) is 16.8 Å². The molecule has 0 aliphatic heterocycles. The van der Waals surface area contributed by atoms with E-state index in [1.807, 2.05) is 0 Å². The lowest BCUT2D eigenvalue weighted by molar-refractivity contribution is -0.148. The van der Waals surface area contributed by atoms with Crippen LogP contribution in [0.3, 0.4) is 0 Å². The lowest BCUT2D eigenvalue weighted by atomic mass is 10.1. The Kier molecular flexibility index (Phi) is 3.74. The maximum atomic E-state index is 13.1. The first-order chi connectivity index (χ1) is 12.4. The van der Waals surface area contributed by atoms with E-state index >= 15 is 0 Å². The summed E-state index contributed by atoms with van der Waals surface area (Å²) in [5, 5.41) is 4.46. The molecule has 0 aromatic carbocycles. The topological polar surface area (TPSA) is 61.5 Å². The number of hydrogen-bond donors (Lipinski definition) is 0. The summed E-state index contributed by atoms with van der Waals surface area (Å²) in [4.78, 5) is 8.16. The largest absolute Gasteiger partial charge is 0.480 e. The molecule has 3 aromatic rings. The van der Waals surface area contributed by atoms with Gasteiger partial charge < -0.3 is 9.47 Å². The Morgan fingerprint density at radius 3 is 2.69 bits per heavy atom. The van der Waals surface area contributed by atoms with Crippen LogP contribution < -0.4 is 9.47 Å². The average molecular weight is 364 g/mol. The zero-order valence-corrected chi connectivity index (χ0v) is 14.0. The standard InChI is InChI=1S/C17H15F3N4O2/c1-25-15-11(8-21-16(22-15)26-2)13-7-10(9-6-12(9)17(18,19)20)14-4-3-5-24(14)23-13/h3-5,7-9,12H,6H2,1-2H3. The van der Waals surface area contributed by atoms with Crippen LogP contribution in [-0.4, -0.2) is 40.0 Å². The second kappa shape index (κ2) is 5.86. The third-order valence-electron chi connectivity index (χ3n) is 4.53. The van der Waals surface area contributed by atoms with E-state index in [1.54, 1.807) is 28.9 Å². The van der Waals surface area contributed by atoms with E-state index in [1.165, 1.54) is 20.4 Å². The molecule has 0 spiro atoms. The van der Waals surface area contributed by atoms with Crippen molar-refractivity contribution < 1.29 is 22.6 Å². The van der Waals surface area contributed by atoms with Gasteiger partial charge in [-0.3, -0.25) is 0 Å². The van der Waals surface area contributed by atoms with Crippen LogP contribution in [0.2, 0.25) is 0 Å². The summed E-state index contributed by atoms with van der Waals surface area (Å²) >= 11 is 0. The Hall–Kier alpha value is -2.84. The van der Waals surface area contributed by atoms with Gasteiger partial charge in [0.05, 0.1) is 36.9 Å². The van der Waals surface area contributed by atoms with Gasteiger partial charge in [0.2, 0.25) is 5.88 Å². The van der Waals surface area contributed by atoms with Crippen molar-refractivity contribution in [1.82, 2.24) is 19.6 Å². The highest BCUT2D eigenvalue weighted by atomic mass is 19.4. The molecule has 136 valence electrons. The third-order valence-corrected chi connectivity index (χ3v) is 4.53. The number of ether oxygens (including phenoxy) is 2. The molecule has 3 heterocycles. The smallest absolute Gasteiger partial charge is 0.392 e. The lowest BCUT2D eigenvalue weighted by Gasteiger charge is -2.12. The van der Waals surface area contributed by atoms with Crippen LogP contribution in [-0.2, 0) is 0 Å². The van der Waals surface area contributed by atoms with Crippen molar-refractivity contribution in [3.63, 3.8) is 0 Å². The van der Waals surface area contributed by atoms with Crippen molar-refractivity contribution in [2.75, 3.05) is 14.2 Å². The SMILES string of the molecule is COc1ncc(-c2cc(C3CC3C(F)(F)F)c3cccn3n2)c(OC)n1. The van der Waals surface area contributed by atoms with E-state index in [-0.39, 0.29) is 18.3 Å². The van der Waals surface area contributed by atoms with E-state index in [2.05, 4.69) is 15.1 Å². The van der Waals surface area contributed by atoms with Crippen molar-refractivity contribution in [2.45, 2.75) is 18.5 Å². The van der Waals surface area contributed by atoms with E-state index in [4.69, 9.17) is 9.47 Å². The molecular weight excluding hydrogens is 349 g/mol. The van der Waals surface area contributed by atoms with Gasteiger partial charge in [-0.05, 0) is 36.1 Å². The van der Waals surface area contributed by atoms with Gasteiger partial charge in [-0.1, -0.05) is 0 Å². The van der Waals surface area contributed by atoms with Gasteiger partial charge >= 0.3 is 12.2 Å². The second-order valence-corrected chi connectivity index (χ2v) is 6.09. The Morgan fingerprint density at radius 2 is 2.04 bits per heavy atom. The first kappa shape index (κ1) is 16.6. The lowest BCUT2D eigenvalue weighted by Crippen LogP contribution is -2.12. The number of alkyl halides is 3. The normalized spacial score (nSPS) is 19.6. The van der Waals surface area contributed by atoms with Crippen molar-refractivity contribution in [3.05, 3.63) is 36.2 Å². The molecule has 1 aliphatic rings. The van der Waals surface area contributed by atoms with Gasteiger partial charge in [0.15, 0.2) is 0 Å². The highest BCUT2D eigenvalue weighted by molar-refractivity contribution is 5.69. The van der Waals surface area contributed by atoms with Crippen molar-refractivity contribution >= 4 is 5.52 Å². The van der Waals surface area contributed by atoms with E-state index in [0.717, 1.165) is 0 Å². The Bertz CT molecular complexity index is 970. The molecule has 0 radical (unpaired) electrons. The van der Waals surface area contributed by atoms with E-state index in [0.29, 0.717) is 22.3 Å². The van der Waals surface area contributed by atoms with Crippen LogP contribution in [0.15, 0.2) is 30.6 Å². The van der Waals surface area contributed by atoms with Crippen LogP contribution in [0, 0.1) is 5.92 Å². The molecule has 2 atom stereocenters. The van der Waals surface area contributed by atoms with Crippen molar-refractivity contribution in [3.8, 4) is 23.1 Å². The van der Waals surface area contributed by atoms with E-state index in [9.17, 15) is 13.2 Å². The first-order valence-electron chi connectivity index (χ1n) is 7.92. The minimum atomic E-state index is -4.20. The minimum Gasteiger partial charge on any atom is -0.480 e. The molecule has 26 heavy (non-hydrogen) atoms. The van der Waals surface area contributed by atoms with Gasteiger partial charge in [0.25, 0.3) is 0 Å². The number of aromatic nitrogens is 4. The Morgan fingerprint density at radius 1 is 1.23 bits per heavy atom.